The van der Waals surface area contributed by atoms with Gasteiger partial charge in [-0.1, -0.05) is 42.5 Å². The number of anilines is 1. The molecule has 2 amide bonds. The van der Waals surface area contributed by atoms with Crippen LogP contribution in [0.3, 0.4) is 0 Å². The monoisotopic (exact) mass is 380 g/mol. The fraction of sp³-hybridized carbons (Fsp3) is 0.348. The lowest BCUT2D eigenvalue weighted by atomic mass is 10.2. The third-order valence-corrected chi connectivity index (χ3v) is 4.85. The SMILES string of the molecule is COc1ccc(NC(=O)N(CC=Cc2ccccc2)CC2CCCO2)c(C)c1. The summed E-state index contributed by atoms with van der Waals surface area (Å²) < 4.78 is 11.0. The van der Waals surface area contributed by atoms with Crippen molar-refractivity contribution in [3.8, 4) is 5.75 Å². The Balaban J connectivity index is 1.68. The highest BCUT2D eigenvalue weighted by molar-refractivity contribution is 5.90. The first-order chi connectivity index (χ1) is 13.7. The van der Waals surface area contributed by atoms with E-state index >= 15 is 0 Å². The fourth-order valence-electron chi connectivity index (χ4n) is 3.25. The summed E-state index contributed by atoms with van der Waals surface area (Å²) in [6.45, 7) is 3.84. The van der Waals surface area contributed by atoms with Crippen LogP contribution in [0.25, 0.3) is 6.08 Å². The van der Waals surface area contributed by atoms with Gasteiger partial charge in [0.15, 0.2) is 0 Å². The molecule has 0 saturated carbocycles. The van der Waals surface area contributed by atoms with E-state index in [1.165, 1.54) is 0 Å². The van der Waals surface area contributed by atoms with Gasteiger partial charge in [-0.2, -0.15) is 0 Å². The van der Waals surface area contributed by atoms with E-state index in [-0.39, 0.29) is 12.1 Å². The van der Waals surface area contributed by atoms with E-state index in [9.17, 15) is 4.79 Å². The summed E-state index contributed by atoms with van der Waals surface area (Å²) in [5.74, 6) is 0.775. The van der Waals surface area contributed by atoms with Crippen LogP contribution in [0.5, 0.6) is 5.75 Å². The molecule has 28 heavy (non-hydrogen) atoms. The summed E-state index contributed by atoms with van der Waals surface area (Å²) >= 11 is 0. The third kappa shape index (κ3) is 5.60. The summed E-state index contributed by atoms with van der Waals surface area (Å²) in [5, 5.41) is 3.03. The van der Waals surface area contributed by atoms with Gasteiger partial charge in [-0.15, -0.1) is 0 Å². The van der Waals surface area contributed by atoms with E-state index < -0.39 is 0 Å². The van der Waals surface area contributed by atoms with Gasteiger partial charge in [0.2, 0.25) is 0 Å². The standard InChI is InChI=1S/C23H28N2O3/c1-18-16-20(27-2)12-13-22(18)24-23(26)25(17-21-11-7-15-28-21)14-6-10-19-8-4-3-5-9-19/h3-6,8-10,12-13,16,21H,7,11,14-15,17H2,1-2H3,(H,24,26). The number of hydrogen-bond donors (Lipinski definition) is 1. The van der Waals surface area contributed by atoms with Crippen molar-refractivity contribution >= 4 is 17.8 Å². The Morgan fingerprint density at radius 1 is 1.29 bits per heavy atom. The van der Waals surface area contributed by atoms with Gasteiger partial charge in [-0.05, 0) is 49.1 Å². The zero-order chi connectivity index (χ0) is 19.8. The Labute approximate surface area is 167 Å². The molecule has 148 valence electrons. The van der Waals surface area contributed by atoms with Gasteiger partial charge in [-0.25, -0.2) is 4.79 Å². The van der Waals surface area contributed by atoms with Crippen LogP contribution >= 0.6 is 0 Å². The molecule has 0 aromatic heterocycles. The van der Waals surface area contributed by atoms with E-state index in [0.29, 0.717) is 13.1 Å². The molecule has 5 nitrogen and oxygen atoms in total. The number of nitrogens with one attached hydrogen (secondary N) is 1. The maximum absolute atomic E-state index is 12.9. The van der Waals surface area contributed by atoms with Gasteiger partial charge in [0, 0.05) is 25.4 Å². The van der Waals surface area contributed by atoms with Crippen molar-refractivity contribution in [2.75, 3.05) is 32.1 Å². The maximum atomic E-state index is 12.9. The average molecular weight is 380 g/mol. The normalized spacial score (nSPS) is 16.3. The van der Waals surface area contributed by atoms with Gasteiger partial charge in [0.05, 0.1) is 13.2 Å². The Hall–Kier alpha value is -2.79. The van der Waals surface area contributed by atoms with Gasteiger partial charge >= 0.3 is 6.03 Å². The summed E-state index contributed by atoms with van der Waals surface area (Å²) in [6, 6.07) is 15.6. The van der Waals surface area contributed by atoms with Gasteiger partial charge in [0.1, 0.15) is 5.75 Å². The molecule has 2 aromatic carbocycles. The molecule has 1 saturated heterocycles. The number of ether oxygens (including phenoxy) is 2. The topological polar surface area (TPSA) is 50.8 Å². The minimum atomic E-state index is -0.124. The zero-order valence-corrected chi connectivity index (χ0v) is 16.6. The van der Waals surface area contributed by atoms with Crippen LogP contribution in [0.2, 0.25) is 0 Å². The minimum Gasteiger partial charge on any atom is -0.497 e. The van der Waals surface area contributed by atoms with E-state index in [2.05, 4.69) is 5.32 Å². The van der Waals surface area contributed by atoms with Crippen molar-refractivity contribution < 1.29 is 14.3 Å². The number of amides is 2. The molecule has 5 heteroatoms. The lowest BCUT2D eigenvalue weighted by Crippen LogP contribution is -2.40. The van der Waals surface area contributed by atoms with E-state index in [4.69, 9.17) is 9.47 Å². The molecular weight excluding hydrogens is 352 g/mol. The number of carbonyl (C=O) groups is 1. The van der Waals surface area contributed by atoms with Crippen molar-refractivity contribution in [2.24, 2.45) is 0 Å². The summed E-state index contributed by atoms with van der Waals surface area (Å²) in [6.07, 6.45) is 6.21. The predicted molar refractivity (Wildman–Crippen MR) is 113 cm³/mol. The first-order valence-corrected chi connectivity index (χ1v) is 9.69. The smallest absolute Gasteiger partial charge is 0.322 e. The molecule has 2 aromatic rings. The number of aryl methyl sites for hydroxylation is 1. The molecule has 0 spiro atoms. The van der Waals surface area contributed by atoms with Gasteiger partial charge in [-0.3, -0.25) is 0 Å². The van der Waals surface area contributed by atoms with Crippen molar-refractivity contribution in [3.05, 3.63) is 65.7 Å². The lowest BCUT2D eigenvalue weighted by molar-refractivity contribution is 0.0863. The van der Waals surface area contributed by atoms with E-state index in [1.807, 2.05) is 67.6 Å². The van der Waals surface area contributed by atoms with Crippen molar-refractivity contribution in [3.63, 3.8) is 0 Å². The molecule has 1 fully saturated rings. The molecule has 0 aliphatic carbocycles. The van der Waals surface area contributed by atoms with E-state index in [1.54, 1.807) is 12.0 Å². The van der Waals surface area contributed by atoms with Crippen LogP contribution in [-0.2, 0) is 4.74 Å². The zero-order valence-electron chi connectivity index (χ0n) is 16.6. The predicted octanol–water partition coefficient (Wildman–Crippen LogP) is 4.73. The quantitative estimate of drug-likeness (QED) is 0.755. The Morgan fingerprint density at radius 2 is 2.11 bits per heavy atom. The molecule has 1 N–H and O–H groups in total. The molecule has 1 aliphatic rings. The second-order valence-electron chi connectivity index (χ2n) is 6.96. The van der Waals surface area contributed by atoms with Gasteiger partial charge in [0.25, 0.3) is 0 Å². The number of rotatable bonds is 7. The average Bonchev–Trinajstić information content (AvgIpc) is 3.22. The number of urea groups is 1. The maximum Gasteiger partial charge on any atom is 0.322 e. The molecule has 1 unspecified atom stereocenters. The summed E-state index contributed by atoms with van der Waals surface area (Å²) in [5.41, 5.74) is 2.87. The molecule has 0 radical (unpaired) electrons. The number of methoxy groups -OCH3 is 1. The molecule has 3 rings (SSSR count). The van der Waals surface area contributed by atoms with E-state index in [0.717, 1.165) is 42.0 Å². The highest BCUT2D eigenvalue weighted by Crippen LogP contribution is 2.22. The highest BCUT2D eigenvalue weighted by Gasteiger charge is 2.22. The number of nitrogens with zero attached hydrogens (tertiary/aromatic N) is 1. The first-order valence-electron chi connectivity index (χ1n) is 9.69. The first kappa shape index (κ1) is 20.0. The Morgan fingerprint density at radius 3 is 2.79 bits per heavy atom. The van der Waals surface area contributed by atoms with Crippen LogP contribution in [0.1, 0.15) is 24.0 Å². The van der Waals surface area contributed by atoms with Crippen LogP contribution < -0.4 is 10.1 Å². The highest BCUT2D eigenvalue weighted by atomic mass is 16.5. The molecule has 1 heterocycles. The molecule has 1 aliphatic heterocycles. The second kappa shape index (κ2) is 9.95. The molecular formula is C23H28N2O3. The second-order valence-corrected chi connectivity index (χ2v) is 6.96. The van der Waals surface area contributed by atoms with Crippen molar-refractivity contribution in [1.82, 2.24) is 4.90 Å². The number of carbonyl (C=O) groups excluding carboxylic acids is 1. The van der Waals surface area contributed by atoms with Crippen molar-refractivity contribution in [1.29, 1.82) is 0 Å². The number of hydrogen-bond acceptors (Lipinski definition) is 3. The van der Waals surface area contributed by atoms with Crippen LogP contribution in [-0.4, -0.2) is 43.8 Å². The Kier molecular flexibility index (Phi) is 7.09. The van der Waals surface area contributed by atoms with Crippen LogP contribution in [0, 0.1) is 6.92 Å². The lowest BCUT2D eigenvalue weighted by Gasteiger charge is -2.25. The molecule has 0 bridgehead atoms. The largest absolute Gasteiger partial charge is 0.497 e. The summed E-state index contributed by atoms with van der Waals surface area (Å²) in [4.78, 5) is 14.7. The van der Waals surface area contributed by atoms with Crippen LogP contribution in [0.15, 0.2) is 54.6 Å². The number of benzene rings is 2. The van der Waals surface area contributed by atoms with Crippen molar-refractivity contribution in [2.45, 2.75) is 25.9 Å². The fourth-order valence-corrected chi connectivity index (χ4v) is 3.25. The minimum absolute atomic E-state index is 0.104. The van der Waals surface area contributed by atoms with Gasteiger partial charge < -0.3 is 19.7 Å². The molecule has 1 atom stereocenters. The Bertz CT molecular complexity index is 799. The summed E-state index contributed by atoms with van der Waals surface area (Å²) in [7, 11) is 1.63. The van der Waals surface area contributed by atoms with Crippen LogP contribution in [0.4, 0.5) is 10.5 Å². The third-order valence-electron chi connectivity index (χ3n) is 4.85.